The summed E-state index contributed by atoms with van der Waals surface area (Å²) in [6.45, 7) is -0.159. The third-order valence-corrected chi connectivity index (χ3v) is 2.99. The lowest BCUT2D eigenvalue weighted by atomic mass is 10.0. The molecular formula is C16H18O4. The van der Waals surface area contributed by atoms with Gasteiger partial charge in [-0.05, 0) is 36.2 Å². The molecule has 3 N–H and O–H groups in total. The number of para-hydroxylation sites is 1. The molecule has 0 heterocycles. The van der Waals surface area contributed by atoms with Crippen molar-refractivity contribution in [2.45, 2.75) is 18.6 Å². The molecule has 0 aliphatic rings. The number of benzene rings is 2. The number of rotatable bonds is 6. The summed E-state index contributed by atoms with van der Waals surface area (Å²) in [5.74, 6) is 1.39. The van der Waals surface area contributed by atoms with Crippen LogP contribution in [0.1, 0.15) is 18.1 Å². The minimum Gasteiger partial charge on any atom is -0.457 e. The molecule has 2 aromatic carbocycles. The van der Waals surface area contributed by atoms with Gasteiger partial charge in [0.05, 0.1) is 6.10 Å². The van der Waals surface area contributed by atoms with Crippen LogP contribution >= 0.6 is 0 Å². The Morgan fingerprint density at radius 1 is 0.850 bits per heavy atom. The minimum atomic E-state index is -1.01. The highest BCUT2D eigenvalue weighted by molar-refractivity contribution is 5.33. The van der Waals surface area contributed by atoms with Crippen molar-refractivity contribution in [2.75, 3.05) is 6.61 Å². The molecule has 4 nitrogen and oxygen atoms in total. The van der Waals surface area contributed by atoms with Crippen LogP contribution in [0.25, 0.3) is 0 Å². The fourth-order valence-corrected chi connectivity index (χ4v) is 1.87. The molecule has 0 radical (unpaired) electrons. The van der Waals surface area contributed by atoms with Crippen LogP contribution in [-0.2, 0) is 0 Å². The summed E-state index contributed by atoms with van der Waals surface area (Å²) < 4.78 is 5.64. The Bertz CT molecular complexity index is 510. The van der Waals surface area contributed by atoms with Gasteiger partial charge >= 0.3 is 0 Å². The standard InChI is InChI=1S/C16H18O4/c17-11-10-15(18)16(19)12-6-8-14(9-7-12)20-13-4-2-1-3-5-13/h1-9,15-19H,10-11H2. The summed E-state index contributed by atoms with van der Waals surface area (Å²) in [5.41, 5.74) is 0.589. The van der Waals surface area contributed by atoms with E-state index in [9.17, 15) is 10.2 Å². The highest BCUT2D eigenvalue weighted by Gasteiger charge is 2.17. The van der Waals surface area contributed by atoms with Gasteiger partial charge in [-0.15, -0.1) is 0 Å². The van der Waals surface area contributed by atoms with Crippen molar-refractivity contribution in [1.29, 1.82) is 0 Å². The fraction of sp³-hybridized carbons (Fsp3) is 0.250. The van der Waals surface area contributed by atoms with E-state index in [0.717, 1.165) is 5.75 Å². The fourth-order valence-electron chi connectivity index (χ4n) is 1.87. The average Bonchev–Trinajstić information content (AvgIpc) is 2.48. The summed E-state index contributed by atoms with van der Waals surface area (Å²) in [6, 6.07) is 16.3. The van der Waals surface area contributed by atoms with Crippen molar-refractivity contribution in [3.63, 3.8) is 0 Å². The number of hydrogen-bond donors (Lipinski definition) is 3. The number of hydrogen-bond acceptors (Lipinski definition) is 4. The van der Waals surface area contributed by atoms with E-state index in [1.165, 1.54) is 0 Å². The van der Waals surface area contributed by atoms with Crippen molar-refractivity contribution >= 4 is 0 Å². The van der Waals surface area contributed by atoms with Gasteiger partial charge in [-0.2, -0.15) is 0 Å². The number of aliphatic hydroxyl groups excluding tert-OH is 3. The van der Waals surface area contributed by atoms with Gasteiger partial charge in [-0.3, -0.25) is 0 Å². The van der Waals surface area contributed by atoms with Crippen molar-refractivity contribution in [3.8, 4) is 11.5 Å². The molecule has 0 bridgehead atoms. The van der Waals surface area contributed by atoms with E-state index >= 15 is 0 Å². The topological polar surface area (TPSA) is 69.9 Å². The zero-order chi connectivity index (χ0) is 14.4. The van der Waals surface area contributed by atoms with Gasteiger partial charge in [-0.25, -0.2) is 0 Å². The third kappa shape index (κ3) is 3.81. The zero-order valence-electron chi connectivity index (χ0n) is 11.0. The molecule has 2 atom stereocenters. The van der Waals surface area contributed by atoms with E-state index in [4.69, 9.17) is 9.84 Å². The molecule has 0 saturated carbocycles. The minimum absolute atomic E-state index is 0.142. The summed E-state index contributed by atoms with van der Waals surface area (Å²) in [6.07, 6.45) is -1.84. The average molecular weight is 274 g/mol. The zero-order valence-corrected chi connectivity index (χ0v) is 11.0. The Labute approximate surface area is 117 Å². The lowest BCUT2D eigenvalue weighted by molar-refractivity contribution is 0.00420. The first-order valence-electron chi connectivity index (χ1n) is 6.50. The van der Waals surface area contributed by atoms with Crippen LogP contribution in [0.15, 0.2) is 54.6 Å². The van der Waals surface area contributed by atoms with Crippen molar-refractivity contribution in [1.82, 2.24) is 0 Å². The van der Waals surface area contributed by atoms with Gasteiger partial charge in [0.15, 0.2) is 0 Å². The first-order valence-corrected chi connectivity index (χ1v) is 6.50. The van der Waals surface area contributed by atoms with E-state index in [1.807, 2.05) is 30.3 Å². The second kappa shape index (κ2) is 7.05. The molecule has 0 fully saturated rings. The maximum Gasteiger partial charge on any atom is 0.127 e. The summed E-state index contributed by atoms with van der Waals surface area (Å²) in [5, 5.41) is 28.3. The molecule has 2 aromatic rings. The van der Waals surface area contributed by atoms with Gasteiger partial charge in [0.1, 0.15) is 17.6 Å². The molecule has 0 aromatic heterocycles. The molecule has 0 aliphatic heterocycles. The molecule has 0 saturated heterocycles. The lowest BCUT2D eigenvalue weighted by Gasteiger charge is -2.17. The summed E-state index contributed by atoms with van der Waals surface area (Å²) in [4.78, 5) is 0. The van der Waals surface area contributed by atoms with Crippen LogP contribution in [0.5, 0.6) is 11.5 Å². The monoisotopic (exact) mass is 274 g/mol. The second-order valence-corrected chi connectivity index (χ2v) is 4.51. The second-order valence-electron chi connectivity index (χ2n) is 4.51. The molecule has 2 unspecified atom stereocenters. The molecule has 0 amide bonds. The molecular weight excluding hydrogens is 256 g/mol. The SMILES string of the molecule is OCCC(O)C(O)c1ccc(Oc2ccccc2)cc1. The third-order valence-electron chi connectivity index (χ3n) is 2.99. The molecule has 106 valence electrons. The van der Waals surface area contributed by atoms with Gasteiger partial charge in [0.25, 0.3) is 0 Å². The maximum atomic E-state index is 9.90. The highest BCUT2D eigenvalue weighted by Crippen LogP contribution is 2.25. The molecule has 0 spiro atoms. The Morgan fingerprint density at radius 3 is 2.05 bits per heavy atom. The Kier molecular flexibility index (Phi) is 5.12. The smallest absolute Gasteiger partial charge is 0.127 e. The van der Waals surface area contributed by atoms with Gasteiger partial charge in [-0.1, -0.05) is 30.3 Å². The predicted octanol–water partition coefficient (Wildman–Crippen LogP) is 2.26. The van der Waals surface area contributed by atoms with Crippen LogP contribution in [0.3, 0.4) is 0 Å². The molecule has 20 heavy (non-hydrogen) atoms. The molecule has 4 heteroatoms. The Hall–Kier alpha value is -1.88. The highest BCUT2D eigenvalue weighted by atomic mass is 16.5. The molecule has 2 rings (SSSR count). The van der Waals surface area contributed by atoms with E-state index in [0.29, 0.717) is 11.3 Å². The van der Waals surface area contributed by atoms with Gasteiger partial charge in [0.2, 0.25) is 0 Å². The molecule has 0 aliphatic carbocycles. The van der Waals surface area contributed by atoms with E-state index < -0.39 is 12.2 Å². The lowest BCUT2D eigenvalue weighted by Crippen LogP contribution is -2.19. The van der Waals surface area contributed by atoms with Crippen LogP contribution in [0.2, 0.25) is 0 Å². The van der Waals surface area contributed by atoms with Crippen molar-refractivity contribution < 1.29 is 20.1 Å². The first kappa shape index (κ1) is 14.5. The van der Waals surface area contributed by atoms with Crippen molar-refractivity contribution in [2.24, 2.45) is 0 Å². The van der Waals surface area contributed by atoms with Crippen LogP contribution in [0.4, 0.5) is 0 Å². The van der Waals surface area contributed by atoms with Gasteiger partial charge < -0.3 is 20.1 Å². The Balaban J connectivity index is 2.03. The first-order chi connectivity index (χ1) is 9.70. The largest absolute Gasteiger partial charge is 0.457 e. The van der Waals surface area contributed by atoms with Crippen molar-refractivity contribution in [3.05, 3.63) is 60.2 Å². The number of aliphatic hydroxyl groups is 3. The Morgan fingerprint density at radius 2 is 1.45 bits per heavy atom. The maximum absolute atomic E-state index is 9.90. The van der Waals surface area contributed by atoms with E-state index in [1.54, 1.807) is 24.3 Å². The summed E-state index contributed by atoms with van der Waals surface area (Å²) in [7, 11) is 0. The van der Waals surface area contributed by atoms with Crippen LogP contribution in [-0.4, -0.2) is 28.0 Å². The van der Waals surface area contributed by atoms with Crippen LogP contribution in [0, 0.1) is 0 Å². The quantitative estimate of drug-likeness (QED) is 0.755. The summed E-state index contributed by atoms with van der Waals surface area (Å²) >= 11 is 0. The van der Waals surface area contributed by atoms with E-state index in [-0.39, 0.29) is 13.0 Å². The normalized spacial score (nSPS) is 13.8. The number of ether oxygens (including phenoxy) is 1. The predicted molar refractivity (Wildman–Crippen MR) is 75.6 cm³/mol. The van der Waals surface area contributed by atoms with Gasteiger partial charge in [0, 0.05) is 6.61 Å². The van der Waals surface area contributed by atoms with E-state index in [2.05, 4.69) is 0 Å². The van der Waals surface area contributed by atoms with Crippen LogP contribution < -0.4 is 4.74 Å².